The van der Waals surface area contributed by atoms with E-state index in [0.29, 0.717) is 12.5 Å². The minimum absolute atomic E-state index is 0.211. The van der Waals surface area contributed by atoms with Crippen LogP contribution in [0.2, 0.25) is 0 Å². The molecule has 0 spiro atoms. The lowest BCUT2D eigenvalue weighted by molar-refractivity contribution is 0.0219. The summed E-state index contributed by atoms with van der Waals surface area (Å²) in [4.78, 5) is 0. The summed E-state index contributed by atoms with van der Waals surface area (Å²) in [6, 6.07) is 0. The van der Waals surface area contributed by atoms with E-state index in [-0.39, 0.29) is 6.10 Å². The summed E-state index contributed by atoms with van der Waals surface area (Å²) >= 11 is 0. The van der Waals surface area contributed by atoms with E-state index in [1.165, 1.54) is 0 Å². The predicted molar refractivity (Wildman–Crippen MR) is 43.4 cm³/mol. The van der Waals surface area contributed by atoms with Crippen LogP contribution in [0.25, 0.3) is 0 Å². The van der Waals surface area contributed by atoms with Gasteiger partial charge in [-0.05, 0) is 13.3 Å². The van der Waals surface area contributed by atoms with Crippen LogP contribution in [0.15, 0.2) is 0 Å². The monoisotopic (exact) mass is 159 g/mol. The topological polar surface area (TPSA) is 44.5 Å². The SMILES string of the molecule is CCOC(CN)C1CCOC1. The highest BCUT2D eigenvalue weighted by molar-refractivity contribution is 4.74. The summed E-state index contributed by atoms with van der Waals surface area (Å²) in [5.74, 6) is 0.528. The van der Waals surface area contributed by atoms with Crippen molar-refractivity contribution >= 4 is 0 Å². The summed E-state index contributed by atoms with van der Waals surface area (Å²) in [6.07, 6.45) is 1.31. The van der Waals surface area contributed by atoms with Crippen LogP contribution < -0.4 is 5.73 Å². The van der Waals surface area contributed by atoms with E-state index in [9.17, 15) is 0 Å². The fourth-order valence-electron chi connectivity index (χ4n) is 1.46. The Kier molecular flexibility index (Phi) is 3.83. The molecule has 0 bridgehead atoms. The van der Waals surface area contributed by atoms with Gasteiger partial charge in [0.15, 0.2) is 0 Å². The molecule has 1 saturated heterocycles. The van der Waals surface area contributed by atoms with Gasteiger partial charge in [0.25, 0.3) is 0 Å². The normalized spacial score (nSPS) is 27.3. The van der Waals surface area contributed by atoms with Crippen molar-refractivity contribution in [3.05, 3.63) is 0 Å². The van der Waals surface area contributed by atoms with Gasteiger partial charge in [0.2, 0.25) is 0 Å². The van der Waals surface area contributed by atoms with Gasteiger partial charge in [0.05, 0.1) is 12.7 Å². The van der Waals surface area contributed by atoms with Crippen LogP contribution in [-0.2, 0) is 9.47 Å². The van der Waals surface area contributed by atoms with Crippen LogP contribution in [0.4, 0.5) is 0 Å². The van der Waals surface area contributed by atoms with E-state index in [1.807, 2.05) is 6.92 Å². The van der Waals surface area contributed by atoms with Gasteiger partial charge < -0.3 is 15.2 Å². The first-order chi connectivity index (χ1) is 5.38. The minimum atomic E-state index is 0.211. The Bertz CT molecular complexity index is 102. The third kappa shape index (κ3) is 2.43. The fraction of sp³-hybridized carbons (Fsp3) is 1.00. The second-order valence-electron chi connectivity index (χ2n) is 2.85. The third-order valence-electron chi connectivity index (χ3n) is 2.10. The molecule has 2 unspecified atom stereocenters. The highest BCUT2D eigenvalue weighted by Gasteiger charge is 2.24. The van der Waals surface area contributed by atoms with Gasteiger partial charge in [-0.15, -0.1) is 0 Å². The molecular weight excluding hydrogens is 142 g/mol. The van der Waals surface area contributed by atoms with Crippen LogP contribution >= 0.6 is 0 Å². The molecule has 1 fully saturated rings. The van der Waals surface area contributed by atoms with Crippen LogP contribution in [0.1, 0.15) is 13.3 Å². The Morgan fingerprint density at radius 1 is 1.73 bits per heavy atom. The molecule has 0 amide bonds. The lowest BCUT2D eigenvalue weighted by Crippen LogP contribution is -2.32. The summed E-state index contributed by atoms with van der Waals surface area (Å²) in [7, 11) is 0. The lowest BCUT2D eigenvalue weighted by Gasteiger charge is -2.19. The van der Waals surface area contributed by atoms with Crippen molar-refractivity contribution in [3.63, 3.8) is 0 Å². The van der Waals surface area contributed by atoms with E-state index in [1.54, 1.807) is 0 Å². The van der Waals surface area contributed by atoms with E-state index in [2.05, 4.69) is 0 Å². The van der Waals surface area contributed by atoms with Gasteiger partial charge in [-0.1, -0.05) is 0 Å². The molecule has 0 aromatic rings. The quantitative estimate of drug-likeness (QED) is 0.645. The highest BCUT2D eigenvalue weighted by atomic mass is 16.5. The van der Waals surface area contributed by atoms with Crippen molar-refractivity contribution in [2.24, 2.45) is 11.7 Å². The largest absolute Gasteiger partial charge is 0.381 e. The summed E-state index contributed by atoms with van der Waals surface area (Å²) in [5.41, 5.74) is 5.56. The minimum Gasteiger partial charge on any atom is -0.381 e. The number of hydrogen-bond donors (Lipinski definition) is 1. The maximum absolute atomic E-state index is 5.56. The van der Waals surface area contributed by atoms with Crippen molar-refractivity contribution in [2.45, 2.75) is 19.4 Å². The molecule has 1 aliphatic heterocycles. The standard InChI is InChI=1S/C8H17NO2/c1-2-11-8(5-9)7-3-4-10-6-7/h7-8H,2-6,9H2,1H3. The zero-order valence-electron chi connectivity index (χ0n) is 7.08. The molecule has 0 saturated carbocycles. The Morgan fingerprint density at radius 3 is 3.00 bits per heavy atom. The first kappa shape index (κ1) is 8.97. The van der Waals surface area contributed by atoms with Gasteiger partial charge in [0, 0.05) is 25.7 Å². The predicted octanol–water partition coefficient (Wildman–Crippen LogP) is 0.387. The molecule has 0 radical (unpaired) electrons. The third-order valence-corrected chi connectivity index (χ3v) is 2.10. The molecular formula is C8H17NO2. The van der Waals surface area contributed by atoms with Crippen molar-refractivity contribution < 1.29 is 9.47 Å². The summed E-state index contributed by atoms with van der Waals surface area (Å²) in [5, 5.41) is 0. The molecule has 2 N–H and O–H groups in total. The lowest BCUT2D eigenvalue weighted by atomic mass is 10.0. The number of rotatable bonds is 4. The van der Waals surface area contributed by atoms with Crippen molar-refractivity contribution in [3.8, 4) is 0 Å². The van der Waals surface area contributed by atoms with Crippen LogP contribution in [0, 0.1) is 5.92 Å². The van der Waals surface area contributed by atoms with Gasteiger partial charge in [0.1, 0.15) is 0 Å². The molecule has 2 atom stereocenters. The average molecular weight is 159 g/mol. The van der Waals surface area contributed by atoms with Crippen LogP contribution in [0.5, 0.6) is 0 Å². The molecule has 66 valence electrons. The molecule has 0 aromatic heterocycles. The van der Waals surface area contributed by atoms with Crippen molar-refractivity contribution in [1.29, 1.82) is 0 Å². The van der Waals surface area contributed by atoms with Crippen LogP contribution in [-0.4, -0.2) is 32.5 Å². The van der Waals surface area contributed by atoms with Gasteiger partial charge in [-0.2, -0.15) is 0 Å². The summed E-state index contributed by atoms with van der Waals surface area (Å²) < 4.78 is 10.7. The zero-order valence-corrected chi connectivity index (χ0v) is 7.08. The first-order valence-electron chi connectivity index (χ1n) is 4.28. The Balaban J connectivity index is 2.27. The number of nitrogens with two attached hydrogens (primary N) is 1. The van der Waals surface area contributed by atoms with Gasteiger partial charge in [-0.3, -0.25) is 0 Å². The second-order valence-corrected chi connectivity index (χ2v) is 2.85. The Labute approximate surface area is 67.9 Å². The number of ether oxygens (including phenoxy) is 2. The van der Waals surface area contributed by atoms with E-state index in [0.717, 1.165) is 26.2 Å². The summed E-state index contributed by atoms with van der Waals surface area (Å²) in [6.45, 7) is 5.05. The smallest absolute Gasteiger partial charge is 0.0748 e. The zero-order chi connectivity index (χ0) is 8.10. The second kappa shape index (κ2) is 4.70. The van der Waals surface area contributed by atoms with Crippen molar-refractivity contribution in [2.75, 3.05) is 26.4 Å². The highest BCUT2D eigenvalue weighted by Crippen LogP contribution is 2.18. The molecule has 1 aliphatic rings. The van der Waals surface area contributed by atoms with E-state index in [4.69, 9.17) is 15.2 Å². The Morgan fingerprint density at radius 2 is 2.55 bits per heavy atom. The molecule has 11 heavy (non-hydrogen) atoms. The molecule has 0 aromatic carbocycles. The maximum Gasteiger partial charge on any atom is 0.0748 e. The average Bonchev–Trinajstić information content (AvgIpc) is 2.52. The van der Waals surface area contributed by atoms with Crippen molar-refractivity contribution in [1.82, 2.24) is 0 Å². The molecule has 3 nitrogen and oxygen atoms in total. The maximum atomic E-state index is 5.56. The van der Waals surface area contributed by atoms with E-state index >= 15 is 0 Å². The van der Waals surface area contributed by atoms with Gasteiger partial charge in [-0.25, -0.2) is 0 Å². The number of hydrogen-bond acceptors (Lipinski definition) is 3. The Hall–Kier alpha value is -0.120. The van der Waals surface area contributed by atoms with E-state index < -0.39 is 0 Å². The van der Waals surface area contributed by atoms with Gasteiger partial charge >= 0.3 is 0 Å². The molecule has 3 heteroatoms. The molecule has 1 heterocycles. The molecule has 1 rings (SSSR count). The first-order valence-corrected chi connectivity index (χ1v) is 4.28. The fourth-order valence-corrected chi connectivity index (χ4v) is 1.46. The molecule has 0 aliphatic carbocycles. The van der Waals surface area contributed by atoms with Crippen LogP contribution in [0.3, 0.4) is 0 Å².